The molecule has 0 unspecified atom stereocenters. The highest BCUT2D eigenvalue weighted by Gasteiger charge is 2.56. The molecule has 0 aliphatic carbocycles. The highest BCUT2D eigenvalue weighted by Crippen LogP contribution is 2.45. The first-order chi connectivity index (χ1) is 22.7. The Labute approximate surface area is 277 Å². The van der Waals surface area contributed by atoms with Gasteiger partial charge in [-0.05, 0) is 27.8 Å². The molecule has 1 aliphatic heterocycles. The van der Waals surface area contributed by atoms with Gasteiger partial charge in [0, 0.05) is 0 Å². The Morgan fingerprint density at radius 1 is 0.478 bits per heavy atom. The molecule has 0 spiro atoms. The molecule has 5 aromatic carbocycles. The molecule has 5 aromatic rings. The second kappa shape index (κ2) is 16.2. The zero-order valence-corrected chi connectivity index (χ0v) is 26.7. The van der Waals surface area contributed by atoms with E-state index in [9.17, 15) is 0 Å². The molecule has 0 N–H and O–H groups in total. The van der Waals surface area contributed by atoms with E-state index >= 15 is 0 Å². The maximum Gasteiger partial charge on any atom is 0.165 e. The van der Waals surface area contributed by atoms with Crippen molar-refractivity contribution in [3.8, 4) is 0 Å². The molecule has 236 valence electrons. The minimum Gasteiger partial charge on any atom is -0.374 e. The summed E-state index contributed by atoms with van der Waals surface area (Å²) in [7, 11) is 0. The van der Waals surface area contributed by atoms with Crippen LogP contribution in [0.25, 0.3) is 0 Å². The van der Waals surface area contributed by atoms with E-state index in [0.717, 1.165) is 27.8 Å². The summed E-state index contributed by atoms with van der Waals surface area (Å²) in [6, 6.07) is 50.6. The zero-order valence-electron chi connectivity index (χ0n) is 25.8. The van der Waals surface area contributed by atoms with Gasteiger partial charge >= 0.3 is 0 Å². The van der Waals surface area contributed by atoms with E-state index in [2.05, 4.69) is 48.5 Å². The fourth-order valence-corrected chi connectivity index (χ4v) is 6.27. The number of thiol groups is 1. The Bertz CT molecular complexity index is 1570. The topological polar surface area (TPSA) is 46.2 Å². The van der Waals surface area contributed by atoms with Crippen LogP contribution >= 0.6 is 12.6 Å². The van der Waals surface area contributed by atoms with Gasteiger partial charge in [0.25, 0.3) is 0 Å². The molecule has 0 bridgehead atoms. The van der Waals surface area contributed by atoms with Crippen LogP contribution in [-0.2, 0) is 55.0 Å². The van der Waals surface area contributed by atoms with Gasteiger partial charge in [0.2, 0.25) is 0 Å². The van der Waals surface area contributed by atoms with Crippen molar-refractivity contribution >= 4 is 12.6 Å². The molecule has 0 radical (unpaired) electrons. The maximum atomic E-state index is 6.99. The predicted molar refractivity (Wildman–Crippen MR) is 183 cm³/mol. The molecule has 46 heavy (non-hydrogen) atoms. The van der Waals surface area contributed by atoms with Crippen molar-refractivity contribution < 1.29 is 23.7 Å². The summed E-state index contributed by atoms with van der Waals surface area (Å²) in [6.07, 6.45) is -2.22. The van der Waals surface area contributed by atoms with Crippen molar-refractivity contribution in [2.45, 2.75) is 55.8 Å². The van der Waals surface area contributed by atoms with Crippen LogP contribution in [0.2, 0.25) is 0 Å². The summed E-state index contributed by atoms with van der Waals surface area (Å²) < 4.78 is 33.7. The fourth-order valence-electron chi connectivity index (χ4n) is 5.76. The number of hydrogen-bond acceptors (Lipinski definition) is 6. The predicted octanol–water partition coefficient (Wildman–Crippen LogP) is 8.14. The third-order valence-electron chi connectivity index (χ3n) is 8.13. The van der Waals surface area contributed by atoms with Gasteiger partial charge in [-0.2, -0.15) is 0 Å². The summed E-state index contributed by atoms with van der Waals surface area (Å²) in [5, 5.41) is 0. The largest absolute Gasteiger partial charge is 0.374 e. The minimum atomic E-state index is -1.16. The molecular weight excluding hydrogens is 593 g/mol. The monoisotopic (exact) mass is 632 g/mol. The van der Waals surface area contributed by atoms with Crippen LogP contribution in [0.1, 0.15) is 27.8 Å². The van der Waals surface area contributed by atoms with Gasteiger partial charge in [0.15, 0.2) is 4.93 Å². The Hall–Kier alpha value is -3.75. The number of hydrogen-bond donors (Lipinski definition) is 1. The van der Waals surface area contributed by atoms with E-state index in [1.54, 1.807) is 0 Å². The van der Waals surface area contributed by atoms with Crippen LogP contribution in [-0.4, -0.2) is 31.0 Å². The van der Waals surface area contributed by atoms with E-state index in [0.29, 0.717) is 26.4 Å². The Balaban J connectivity index is 1.36. The molecule has 1 fully saturated rings. The highest BCUT2D eigenvalue weighted by molar-refractivity contribution is 7.81. The van der Waals surface area contributed by atoms with E-state index in [1.807, 2.05) is 103 Å². The summed E-state index contributed by atoms with van der Waals surface area (Å²) >= 11 is 5.31. The summed E-state index contributed by atoms with van der Waals surface area (Å²) in [6.45, 7) is 1.83. The zero-order chi connectivity index (χ0) is 31.4. The van der Waals surface area contributed by atoms with Gasteiger partial charge in [-0.1, -0.05) is 152 Å². The van der Waals surface area contributed by atoms with Gasteiger partial charge in [0.1, 0.15) is 24.4 Å². The number of rotatable bonds is 14. The number of ether oxygens (including phenoxy) is 5. The Kier molecular flexibility index (Phi) is 11.3. The maximum absolute atomic E-state index is 6.99. The second-order valence-electron chi connectivity index (χ2n) is 11.5. The molecule has 6 heteroatoms. The third kappa shape index (κ3) is 8.34. The van der Waals surface area contributed by atoms with Crippen molar-refractivity contribution in [2.24, 2.45) is 0 Å². The van der Waals surface area contributed by atoms with Gasteiger partial charge in [-0.25, -0.2) is 0 Å². The molecular formula is C40H40O5S. The molecule has 0 amide bonds. The molecule has 1 heterocycles. The molecule has 1 aliphatic rings. The Morgan fingerprint density at radius 2 is 0.870 bits per heavy atom. The van der Waals surface area contributed by atoms with E-state index < -0.39 is 29.3 Å². The first-order valence-corrected chi connectivity index (χ1v) is 16.2. The standard InChI is InChI=1S/C40H40O5S/c46-40(35-24-14-5-15-25-35)39(44-29-34-22-12-4-13-23-34)38(43-28-33-20-10-3-11-21-33)37(42-27-32-18-8-2-9-19-32)36(45-40)30-41-26-31-16-6-1-7-17-31/h1-25,36-39,46H,26-30H2/t36-,37-,38+,39-,40+/m1/s1. The molecule has 0 aromatic heterocycles. The second-order valence-corrected chi connectivity index (χ2v) is 12.1. The van der Waals surface area contributed by atoms with E-state index in [4.69, 9.17) is 36.3 Å². The van der Waals surface area contributed by atoms with Crippen molar-refractivity contribution in [1.29, 1.82) is 0 Å². The average molecular weight is 633 g/mol. The lowest BCUT2D eigenvalue weighted by molar-refractivity contribution is -0.286. The van der Waals surface area contributed by atoms with Crippen molar-refractivity contribution in [3.05, 3.63) is 179 Å². The third-order valence-corrected chi connectivity index (χ3v) is 8.75. The lowest BCUT2D eigenvalue weighted by Crippen LogP contribution is -2.63. The van der Waals surface area contributed by atoms with Crippen LogP contribution in [0, 0.1) is 0 Å². The first kappa shape index (κ1) is 32.2. The van der Waals surface area contributed by atoms with E-state index in [1.165, 1.54) is 0 Å². The molecule has 1 saturated heterocycles. The normalized spacial score (nSPS) is 22.8. The molecule has 6 rings (SSSR count). The highest BCUT2D eigenvalue weighted by atomic mass is 32.1. The van der Waals surface area contributed by atoms with Crippen molar-refractivity contribution in [3.63, 3.8) is 0 Å². The molecule has 5 nitrogen and oxygen atoms in total. The number of benzene rings is 5. The Morgan fingerprint density at radius 3 is 1.35 bits per heavy atom. The smallest absolute Gasteiger partial charge is 0.165 e. The quantitative estimate of drug-likeness (QED) is 0.125. The minimum absolute atomic E-state index is 0.278. The lowest BCUT2D eigenvalue weighted by Gasteiger charge is -2.51. The lowest BCUT2D eigenvalue weighted by atomic mass is 9.89. The summed E-state index contributed by atoms with van der Waals surface area (Å²) in [5.41, 5.74) is 5.11. The molecule has 0 saturated carbocycles. The van der Waals surface area contributed by atoms with Crippen molar-refractivity contribution in [2.75, 3.05) is 6.61 Å². The van der Waals surface area contributed by atoms with Gasteiger partial charge in [-0.3, -0.25) is 0 Å². The van der Waals surface area contributed by atoms with Crippen LogP contribution in [0.15, 0.2) is 152 Å². The van der Waals surface area contributed by atoms with Crippen LogP contribution in [0.5, 0.6) is 0 Å². The van der Waals surface area contributed by atoms with Crippen LogP contribution in [0.3, 0.4) is 0 Å². The van der Waals surface area contributed by atoms with Crippen LogP contribution in [0.4, 0.5) is 0 Å². The summed E-state index contributed by atoms with van der Waals surface area (Å²) in [4.78, 5) is -1.16. The van der Waals surface area contributed by atoms with Gasteiger partial charge < -0.3 is 23.7 Å². The SMILES string of the molecule is S[C@]1(c2ccccc2)O[C@H](COCc2ccccc2)[C@@H](OCc2ccccc2)[C@H](OCc2ccccc2)[C@H]1OCc1ccccc1. The van der Waals surface area contributed by atoms with Crippen LogP contribution < -0.4 is 0 Å². The summed E-state index contributed by atoms with van der Waals surface area (Å²) in [5.74, 6) is 0. The van der Waals surface area contributed by atoms with E-state index in [-0.39, 0.29) is 6.61 Å². The molecule has 5 atom stereocenters. The fraction of sp³-hybridized carbons (Fsp3) is 0.250. The van der Waals surface area contributed by atoms with Gasteiger partial charge in [-0.15, -0.1) is 12.6 Å². The van der Waals surface area contributed by atoms with Gasteiger partial charge in [0.05, 0.1) is 33.0 Å². The first-order valence-electron chi connectivity index (χ1n) is 15.7. The average Bonchev–Trinajstić information content (AvgIpc) is 3.12. The van der Waals surface area contributed by atoms with Crippen molar-refractivity contribution in [1.82, 2.24) is 0 Å².